The molecule has 0 radical (unpaired) electrons. The molecule has 8 heteroatoms. The van der Waals surface area contributed by atoms with Crippen LogP contribution in [0.3, 0.4) is 0 Å². The van der Waals surface area contributed by atoms with Crippen molar-refractivity contribution in [3.05, 3.63) is 101 Å². The molecule has 0 aliphatic heterocycles. The van der Waals surface area contributed by atoms with Crippen LogP contribution in [0.1, 0.15) is 26.3 Å². The Bertz CT molecular complexity index is 1290. The van der Waals surface area contributed by atoms with Gasteiger partial charge in [0.2, 0.25) is 0 Å². The minimum atomic E-state index is -1.33. The van der Waals surface area contributed by atoms with Crippen LogP contribution < -0.4 is 5.32 Å². The van der Waals surface area contributed by atoms with Gasteiger partial charge in [-0.2, -0.15) is 0 Å². The van der Waals surface area contributed by atoms with Gasteiger partial charge in [-0.05, 0) is 48.5 Å². The number of anilines is 1. The van der Waals surface area contributed by atoms with Gasteiger partial charge in [-0.15, -0.1) is 0 Å². The van der Waals surface area contributed by atoms with E-state index < -0.39 is 34.7 Å². The summed E-state index contributed by atoms with van der Waals surface area (Å²) in [5.74, 6) is -4.58. The molecule has 0 unspecified atom stereocenters. The summed E-state index contributed by atoms with van der Waals surface area (Å²) in [7, 11) is 0. The molecular weight excluding hydrogens is 395 g/mol. The maximum atomic E-state index is 14.4. The molecule has 1 aromatic heterocycles. The van der Waals surface area contributed by atoms with Crippen molar-refractivity contribution in [2.24, 2.45) is 0 Å². The van der Waals surface area contributed by atoms with Gasteiger partial charge in [0, 0.05) is 34.5 Å². The van der Waals surface area contributed by atoms with Crippen LogP contribution >= 0.6 is 0 Å². The third-order valence-electron chi connectivity index (χ3n) is 4.40. The van der Waals surface area contributed by atoms with Gasteiger partial charge in [-0.1, -0.05) is 0 Å². The van der Waals surface area contributed by atoms with E-state index in [1.165, 1.54) is 36.8 Å². The zero-order chi connectivity index (χ0) is 21.3. The highest BCUT2D eigenvalue weighted by atomic mass is 19.2. The molecule has 1 heterocycles. The summed E-state index contributed by atoms with van der Waals surface area (Å²) in [5.41, 5.74) is 0.158. The molecule has 0 saturated carbocycles. The number of benzene rings is 3. The number of halogens is 3. The van der Waals surface area contributed by atoms with Gasteiger partial charge in [-0.25, -0.2) is 23.1 Å². The highest BCUT2D eigenvalue weighted by molar-refractivity contribution is 6.12. The molecule has 1 amide bonds. The number of nitrogens with one attached hydrogen (secondary N) is 1. The molecule has 0 fully saturated rings. The van der Waals surface area contributed by atoms with Gasteiger partial charge in [0.15, 0.2) is 17.4 Å². The molecule has 0 aliphatic rings. The first kappa shape index (κ1) is 19.3. The maximum absolute atomic E-state index is 14.4. The quantitative estimate of drug-likeness (QED) is 0.505. The Hall–Kier alpha value is -4.07. The average Bonchev–Trinajstić information content (AvgIpc) is 2.75. The van der Waals surface area contributed by atoms with Crippen LogP contribution in [-0.2, 0) is 0 Å². The second-order valence-corrected chi connectivity index (χ2v) is 6.41. The number of amides is 1. The minimum absolute atomic E-state index is 0.109. The van der Waals surface area contributed by atoms with Crippen molar-refractivity contribution in [2.75, 3.05) is 5.32 Å². The highest BCUT2D eigenvalue weighted by Crippen LogP contribution is 2.23. The maximum Gasteiger partial charge on any atom is 0.255 e. The number of hydrogen-bond donors (Lipinski definition) is 1. The van der Waals surface area contributed by atoms with E-state index in [9.17, 15) is 22.8 Å². The molecule has 0 atom stereocenters. The summed E-state index contributed by atoms with van der Waals surface area (Å²) in [6, 6.07) is 11.0. The number of ketones is 1. The van der Waals surface area contributed by atoms with E-state index in [-0.39, 0.29) is 16.8 Å². The van der Waals surface area contributed by atoms with Crippen LogP contribution in [0.4, 0.5) is 18.9 Å². The molecule has 0 spiro atoms. The van der Waals surface area contributed by atoms with Crippen LogP contribution in [0.25, 0.3) is 10.9 Å². The Labute approximate surface area is 168 Å². The number of nitrogens with zero attached hydrogens (tertiary/aromatic N) is 2. The van der Waals surface area contributed by atoms with Gasteiger partial charge in [-0.3, -0.25) is 9.59 Å². The molecule has 148 valence electrons. The predicted molar refractivity (Wildman–Crippen MR) is 104 cm³/mol. The van der Waals surface area contributed by atoms with Gasteiger partial charge < -0.3 is 5.32 Å². The fraction of sp³-hybridized carbons (Fsp3) is 0. The molecule has 0 aliphatic carbocycles. The number of hydrogen-bond acceptors (Lipinski definition) is 4. The van der Waals surface area contributed by atoms with Gasteiger partial charge >= 0.3 is 0 Å². The van der Waals surface area contributed by atoms with Crippen molar-refractivity contribution in [3.63, 3.8) is 0 Å². The minimum Gasteiger partial charge on any atom is -0.322 e. The van der Waals surface area contributed by atoms with Crippen LogP contribution in [-0.4, -0.2) is 21.7 Å². The molecule has 0 saturated heterocycles. The lowest BCUT2D eigenvalue weighted by atomic mass is 10.0. The van der Waals surface area contributed by atoms with Crippen LogP contribution in [0, 0.1) is 17.5 Å². The van der Waals surface area contributed by atoms with E-state index in [1.54, 1.807) is 6.07 Å². The zero-order valence-corrected chi connectivity index (χ0v) is 15.2. The summed E-state index contributed by atoms with van der Waals surface area (Å²) < 4.78 is 41.5. The lowest BCUT2D eigenvalue weighted by Gasteiger charge is -2.10. The number of rotatable bonds is 4. The van der Waals surface area contributed by atoms with Crippen LogP contribution in [0.15, 0.2) is 67.1 Å². The summed E-state index contributed by atoms with van der Waals surface area (Å²) in [6.45, 7) is 0. The van der Waals surface area contributed by atoms with Crippen molar-refractivity contribution < 1.29 is 22.8 Å². The largest absolute Gasteiger partial charge is 0.322 e. The van der Waals surface area contributed by atoms with Crippen molar-refractivity contribution >= 4 is 28.3 Å². The molecule has 0 bridgehead atoms. The third kappa shape index (κ3) is 3.75. The van der Waals surface area contributed by atoms with Gasteiger partial charge in [0.1, 0.15) is 12.1 Å². The Balaban J connectivity index is 1.67. The lowest BCUT2D eigenvalue weighted by Crippen LogP contribution is -2.14. The molecule has 5 nitrogen and oxygen atoms in total. The predicted octanol–water partition coefficient (Wildman–Crippen LogP) is 4.53. The van der Waals surface area contributed by atoms with E-state index >= 15 is 0 Å². The number of aromatic nitrogens is 2. The molecule has 30 heavy (non-hydrogen) atoms. The molecule has 4 aromatic rings. The fourth-order valence-electron chi connectivity index (χ4n) is 2.91. The van der Waals surface area contributed by atoms with Crippen molar-refractivity contribution in [1.29, 1.82) is 0 Å². The molecule has 1 N–H and O–H groups in total. The van der Waals surface area contributed by atoms with E-state index in [4.69, 9.17) is 0 Å². The van der Waals surface area contributed by atoms with E-state index in [1.807, 2.05) is 0 Å². The Morgan fingerprint density at radius 1 is 0.867 bits per heavy atom. The Kier molecular flexibility index (Phi) is 4.97. The third-order valence-corrected chi connectivity index (χ3v) is 4.40. The van der Waals surface area contributed by atoms with E-state index in [0.717, 1.165) is 24.3 Å². The van der Waals surface area contributed by atoms with E-state index in [0.29, 0.717) is 10.9 Å². The molecule has 4 rings (SSSR count). The first-order valence-electron chi connectivity index (χ1n) is 8.73. The summed E-state index contributed by atoms with van der Waals surface area (Å²) in [6.07, 6.45) is 2.85. The van der Waals surface area contributed by atoms with Crippen LogP contribution in [0.2, 0.25) is 0 Å². The Morgan fingerprint density at radius 2 is 1.60 bits per heavy atom. The second kappa shape index (κ2) is 7.75. The van der Waals surface area contributed by atoms with Crippen molar-refractivity contribution in [3.8, 4) is 0 Å². The number of fused-ring (bicyclic) bond motifs is 1. The molecular formula is C22H12F3N3O2. The van der Waals surface area contributed by atoms with Gasteiger partial charge in [0.25, 0.3) is 5.91 Å². The zero-order valence-electron chi connectivity index (χ0n) is 15.2. The molecule has 3 aromatic carbocycles. The summed E-state index contributed by atoms with van der Waals surface area (Å²) in [4.78, 5) is 33.0. The summed E-state index contributed by atoms with van der Waals surface area (Å²) in [5, 5.41) is 2.94. The number of carbonyl (C=O) groups excluding carboxylic acids is 2. The Morgan fingerprint density at radius 3 is 2.37 bits per heavy atom. The standard InChI is InChI=1S/C22H12F3N3O2/c23-15-4-1-12(2-5-15)22(30)28-16-8-17(20(25)18(24)9-16)21(29)13-3-6-19-14(7-13)10-26-11-27-19/h1-11H,(H,28,30). The number of carbonyl (C=O) groups is 2. The topological polar surface area (TPSA) is 72.0 Å². The fourth-order valence-corrected chi connectivity index (χ4v) is 2.91. The van der Waals surface area contributed by atoms with E-state index in [2.05, 4.69) is 15.3 Å². The van der Waals surface area contributed by atoms with Gasteiger partial charge in [0.05, 0.1) is 11.1 Å². The lowest BCUT2D eigenvalue weighted by molar-refractivity contribution is 0.101. The second-order valence-electron chi connectivity index (χ2n) is 6.41. The smallest absolute Gasteiger partial charge is 0.255 e. The summed E-state index contributed by atoms with van der Waals surface area (Å²) >= 11 is 0. The normalized spacial score (nSPS) is 10.8. The first-order valence-corrected chi connectivity index (χ1v) is 8.73. The van der Waals surface area contributed by atoms with Crippen LogP contribution in [0.5, 0.6) is 0 Å². The van der Waals surface area contributed by atoms with Crippen molar-refractivity contribution in [1.82, 2.24) is 9.97 Å². The monoisotopic (exact) mass is 407 g/mol. The average molecular weight is 407 g/mol. The van der Waals surface area contributed by atoms with Crippen molar-refractivity contribution in [2.45, 2.75) is 0 Å². The SMILES string of the molecule is O=C(Nc1cc(F)c(F)c(C(=O)c2ccc3ncncc3c2)c1)c1ccc(F)cc1. The first-order chi connectivity index (χ1) is 14.4. The highest BCUT2D eigenvalue weighted by Gasteiger charge is 2.20.